The average Bonchev–Trinajstić information content (AvgIpc) is 2.84. The molecule has 6 heteroatoms. The summed E-state index contributed by atoms with van der Waals surface area (Å²) in [6, 6.07) is 6.34. The lowest BCUT2D eigenvalue weighted by molar-refractivity contribution is 0.194. The van der Waals surface area contributed by atoms with Crippen LogP contribution in [-0.2, 0) is 18.3 Å². The van der Waals surface area contributed by atoms with Crippen LogP contribution in [0.25, 0.3) is 16.6 Å². The van der Waals surface area contributed by atoms with E-state index in [1.807, 2.05) is 13.0 Å². The van der Waals surface area contributed by atoms with Crippen molar-refractivity contribution in [3.63, 3.8) is 0 Å². The number of rotatable bonds is 6. The molecule has 0 saturated carbocycles. The number of benzene rings is 1. The Kier molecular flexibility index (Phi) is 4.69. The fraction of sp³-hybridized carbons (Fsp3) is 0.444. The maximum Gasteiger partial charge on any atom is 0.350 e. The van der Waals surface area contributed by atoms with Gasteiger partial charge in [-0.3, -0.25) is 0 Å². The normalized spacial score (nSPS) is 11.7. The monoisotopic (exact) mass is 328 g/mol. The average molecular weight is 328 g/mol. The Morgan fingerprint density at radius 3 is 2.79 bits per heavy atom. The highest BCUT2D eigenvalue weighted by Gasteiger charge is 2.14. The first-order valence-electron chi connectivity index (χ1n) is 8.21. The van der Waals surface area contributed by atoms with Gasteiger partial charge in [-0.1, -0.05) is 6.07 Å². The fourth-order valence-corrected chi connectivity index (χ4v) is 3.15. The Bertz CT molecular complexity index is 940. The van der Waals surface area contributed by atoms with Gasteiger partial charge in [0.2, 0.25) is 0 Å². The van der Waals surface area contributed by atoms with Crippen LogP contribution in [0.1, 0.15) is 23.1 Å². The predicted octanol–water partition coefficient (Wildman–Crippen LogP) is 1.93. The minimum Gasteiger partial charge on any atom is -0.385 e. The third-order valence-corrected chi connectivity index (χ3v) is 4.30. The number of methoxy groups -OCH3 is 1. The third-order valence-electron chi connectivity index (χ3n) is 4.30. The van der Waals surface area contributed by atoms with Crippen molar-refractivity contribution in [2.45, 2.75) is 26.8 Å². The van der Waals surface area contributed by atoms with Gasteiger partial charge in [-0.15, -0.1) is 5.10 Å². The minimum atomic E-state index is -0.110. The maximum atomic E-state index is 12.6. The first-order chi connectivity index (χ1) is 11.5. The number of hydrogen-bond donors (Lipinski definition) is 1. The molecule has 0 saturated heterocycles. The van der Waals surface area contributed by atoms with Crippen molar-refractivity contribution in [2.24, 2.45) is 7.05 Å². The van der Waals surface area contributed by atoms with Gasteiger partial charge in [0, 0.05) is 38.3 Å². The van der Waals surface area contributed by atoms with Crippen LogP contribution >= 0.6 is 0 Å². The van der Waals surface area contributed by atoms with Crippen LogP contribution < -0.4 is 11.0 Å². The van der Waals surface area contributed by atoms with Gasteiger partial charge < -0.3 is 10.1 Å². The molecule has 0 unspecified atom stereocenters. The van der Waals surface area contributed by atoms with Gasteiger partial charge in [0.05, 0.1) is 5.52 Å². The zero-order valence-corrected chi connectivity index (χ0v) is 14.7. The van der Waals surface area contributed by atoms with Crippen molar-refractivity contribution in [3.05, 3.63) is 45.4 Å². The van der Waals surface area contributed by atoms with E-state index < -0.39 is 0 Å². The smallest absolute Gasteiger partial charge is 0.350 e. The van der Waals surface area contributed by atoms with Crippen LogP contribution in [0.15, 0.2) is 23.0 Å². The zero-order chi connectivity index (χ0) is 17.3. The summed E-state index contributed by atoms with van der Waals surface area (Å²) in [7, 11) is 3.40. The van der Waals surface area contributed by atoms with Gasteiger partial charge in [-0.2, -0.15) is 0 Å². The number of ether oxygens (including phenoxy) is 1. The molecule has 24 heavy (non-hydrogen) atoms. The van der Waals surface area contributed by atoms with Crippen molar-refractivity contribution in [1.82, 2.24) is 19.5 Å². The van der Waals surface area contributed by atoms with E-state index >= 15 is 0 Å². The van der Waals surface area contributed by atoms with E-state index in [0.717, 1.165) is 47.2 Å². The van der Waals surface area contributed by atoms with E-state index in [4.69, 9.17) is 4.74 Å². The number of pyridine rings is 1. The van der Waals surface area contributed by atoms with Crippen LogP contribution in [-0.4, -0.2) is 34.4 Å². The lowest BCUT2D eigenvalue weighted by Gasteiger charge is -2.11. The number of fused-ring (bicyclic) bond motifs is 3. The van der Waals surface area contributed by atoms with Crippen molar-refractivity contribution >= 4 is 16.6 Å². The summed E-state index contributed by atoms with van der Waals surface area (Å²) in [4.78, 5) is 12.6. The van der Waals surface area contributed by atoms with Crippen LogP contribution in [0.2, 0.25) is 0 Å². The van der Waals surface area contributed by atoms with Gasteiger partial charge in [0.1, 0.15) is 0 Å². The molecule has 1 aromatic carbocycles. The van der Waals surface area contributed by atoms with Gasteiger partial charge in [0.15, 0.2) is 5.65 Å². The van der Waals surface area contributed by atoms with E-state index in [2.05, 4.69) is 29.5 Å². The summed E-state index contributed by atoms with van der Waals surface area (Å²) >= 11 is 0. The lowest BCUT2D eigenvalue weighted by atomic mass is 10.0. The Morgan fingerprint density at radius 1 is 1.25 bits per heavy atom. The number of aromatic nitrogens is 3. The molecule has 6 nitrogen and oxygen atoms in total. The minimum absolute atomic E-state index is 0.110. The Labute approximate surface area is 141 Å². The Balaban J connectivity index is 2.11. The molecule has 0 spiro atoms. The first kappa shape index (κ1) is 16.7. The van der Waals surface area contributed by atoms with Crippen LogP contribution in [0, 0.1) is 13.8 Å². The molecule has 3 aromatic rings. The summed E-state index contributed by atoms with van der Waals surface area (Å²) < 4.78 is 8.19. The highest BCUT2D eigenvalue weighted by Crippen LogP contribution is 2.23. The van der Waals surface area contributed by atoms with E-state index in [9.17, 15) is 4.79 Å². The second-order valence-corrected chi connectivity index (χ2v) is 6.27. The molecule has 0 amide bonds. The molecule has 0 aliphatic heterocycles. The fourth-order valence-electron chi connectivity index (χ4n) is 3.15. The maximum absolute atomic E-state index is 12.6. The quantitative estimate of drug-likeness (QED) is 0.703. The molecule has 0 atom stereocenters. The molecule has 3 rings (SSSR count). The molecule has 2 heterocycles. The highest BCUT2D eigenvalue weighted by atomic mass is 16.5. The summed E-state index contributed by atoms with van der Waals surface area (Å²) in [5.41, 5.74) is 4.87. The molecular weight excluding hydrogens is 304 g/mol. The zero-order valence-electron chi connectivity index (χ0n) is 14.7. The van der Waals surface area contributed by atoms with E-state index in [0.29, 0.717) is 6.54 Å². The molecule has 0 fully saturated rings. The summed E-state index contributed by atoms with van der Waals surface area (Å²) in [5, 5.41) is 8.94. The third kappa shape index (κ3) is 2.95. The summed E-state index contributed by atoms with van der Waals surface area (Å²) in [6.45, 7) is 6.40. The van der Waals surface area contributed by atoms with Crippen molar-refractivity contribution in [3.8, 4) is 0 Å². The molecule has 2 aromatic heterocycles. The number of nitrogens with one attached hydrogen (secondary N) is 1. The van der Waals surface area contributed by atoms with Gasteiger partial charge in [-0.05, 0) is 50.1 Å². The topological polar surface area (TPSA) is 60.6 Å². The van der Waals surface area contributed by atoms with Crippen molar-refractivity contribution in [2.75, 3.05) is 20.3 Å². The molecule has 0 radical (unpaired) electrons. The largest absolute Gasteiger partial charge is 0.385 e. The van der Waals surface area contributed by atoms with E-state index in [-0.39, 0.29) is 5.69 Å². The molecule has 0 aliphatic carbocycles. The standard InChI is InChI=1S/C18H24N4O2/c1-12-8-13(2)15-10-14(11-19-6-5-7-24-4)17-20-21(3)18(23)22(17)16(15)9-12/h8-10,19H,5-7,11H2,1-4H3. The second kappa shape index (κ2) is 6.75. The van der Waals surface area contributed by atoms with E-state index in [1.165, 1.54) is 10.2 Å². The van der Waals surface area contributed by atoms with Gasteiger partial charge in [0.25, 0.3) is 0 Å². The first-order valence-corrected chi connectivity index (χ1v) is 8.21. The van der Waals surface area contributed by atoms with Crippen molar-refractivity contribution < 1.29 is 4.74 Å². The van der Waals surface area contributed by atoms with Gasteiger partial charge in [-0.25, -0.2) is 13.9 Å². The van der Waals surface area contributed by atoms with E-state index in [1.54, 1.807) is 18.6 Å². The molecule has 1 N–H and O–H groups in total. The highest BCUT2D eigenvalue weighted by molar-refractivity contribution is 5.87. The molecule has 0 aliphatic rings. The van der Waals surface area contributed by atoms with Crippen LogP contribution in [0.3, 0.4) is 0 Å². The number of aryl methyl sites for hydroxylation is 3. The molecule has 128 valence electrons. The number of hydrogen-bond acceptors (Lipinski definition) is 4. The number of nitrogens with zero attached hydrogens (tertiary/aromatic N) is 3. The Hall–Kier alpha value is -2.18. The molecular formula is C18H24N4O2. The summed E-state index contributed by atoms with van der Waals surface area (Å²) in [6.07, 6.45) is 0.952. The summed E-state index contributed by atoms with van der Waals surface area (Å²) in [5.74, 6) is 0. The molecule has 0 bridgehead atoms. The Morgan fingerprint density at radius 2 is 2.04 bits per heavy atom. The second-order valence-electron chi connectivity index (χ2n) is 6.27. The predicted molar refractivity (Wildman–Crippen MR) is 95.6 cm³/mol. The van der Waals surface area contributed by atoms with Crippen molar-refractivity contribution in [1.29, 1.82) is 0 Å². The lowest BCUT2D eigenvalue weighted by Crippen LogP contribution is -2.19. The SMILES string of the molecule is COCCCNCc1cc2c(C)cc(C)cc2n2c(=O)n(C)nc12. The van der Waals surface area contributed by atoms with Crippen LogP contribution in [0.5, 0.6) is 0 Å². The van der Waals surface area contributed by atoms with Crippen LogP contribution in [0.4, 0.5) is 0 Å². The van der Waals surface area contributed by atoms with Gasteiger partial charge >= 0.3 is 5.69 Å².